The normalized spacial score (nSPS) is 11.4. The van der Waals surface area contributed by atoms with Gasteiger partial charge in [-0.15, -0.1) is 11.3 Å². The van der Waals surface area contributed by atoms with E-state index >= 15 is 0 Å². The van der Waals surface area contributed by atoms with Gasteiger partial charge in [-0.2, -0.15) is 0 Å². The van der Waals surface area contributed by atoms with Gasteiger partial charge in [0.1, 0.15) is 0 Å². The molecule has 3 nitrogen and oxygen atoms in total. The molecule has 0 amide bonds. The van der Waals surface area contributed by atoms with E-state index in [9.17, 15) is 0 Å². The lowest BCUT2D eigenvalue weighted by Crippen LogP contribution is -2.00. The number of rotatable bonds is 6. The molecule has 0 bridgehead atoms. The van der Waals surface area contributed by atoms with Gasteiger partial charge >= 0.3 is 0 Å². The number of fused-ring (bicyclic) bond motifs is 4. The van der Waals surface area contributed by atoms with Crippen molar-refractivity contribution in [3.63, 3.8) is 0 Å². The zero-order valence-electron chi connectivity index (χ0n) is 28.6. The Labute approximate surface area is 311 Å². The summed E-state index contributed by atoms with van der Waals surface area (Å²) in [6, 6.07) is 66.3. The van der Waals surface area contributed by atoms with Crippen LogP contribution in [-0.2, 0) is 0 Å². The highest BCUT2D eigenvalue weighted by Gasteiger charge is 2.19. The van der Waals surface area contributed by atoms with Crippen molar-refractivity contribution in [3.8, 4) is 67.5 Å². The molecular formula is C49H31N3S. The van der Waals surface area contributed by atoms with Gasteiger partial charge in [0.15, 0.2) is 17.5 Å². The van der Waals surface area contributed by atoms with E-state index in [2.05, 4.69) is 170 Å². The molecule has 2 aromatic heterocycles. The molecule has 8 aromatic carbocycles. The molecule has 10 aromatic rings. The Hall–Kier alpha value is -6.75. The third-order valence-electron chi connectivity index (χ3n) is 9.92. The van der Waals surface area contributed by atoms with E-state index in [0.717, 1.165) is 22.3 Å². The summed E-state index contributed by atoms with van der Waals surface area (Å²) in [5.74, 6) is 1.95. The minimum atomic E-state index is 0.640. The molecule has 53 heavy (non-hydrogen) atoms. The molecule has 0 saturated heterocycles. The molecule has 4 heteroatoms. The number of hydrogen-bond donors (Lipinski definition) is 0. The summed E-state index contributed by atoms with van der Waals surface area (Å²) in [6.45, 7) is 0. The largest absolute Gasteiger partial charge is 0.208 e. The van der Waals surface area contributed by atoms with Crippen molar-refractivity contribution in [1.29, 1.82) is 0 Å². The summed E-state index contributed by atoms with van der Waals surface area (Å²) in [5.41, 5.74) is 9.98. The van der Waals surface area contributed by atoms with Crippen LogP contribution in [0.2, 0.25) is 0 Å². The van der Waals surface area contributed by atoms with Crippen LogP contribution in [0.5, 0.6) is 0 Å². The highest BCUT2D eigenvalue weighted by molar-refractivity contribution is 7.26. The van der Waals surface area contributed by atoms with Crippen LogP contribution in [0.4, 0.5) is 0 Å². The molecule has 248 valence electrons. The fourth-order valence-electron chi connectivity index (χ4n) is 7.39. The lowest BCUT2D eigenvalue weighted by molar-refractivity contribution is 1.08. The average Bonchev–Trinajstić information content (AvgIpc) is 3.63. The first kappa shape index (κ1) is 31.0. The Morgan fingerprint density at radius 3 is 1.68 bits per heavy atom. The number of nitrogens with zero attached hydrogens (tertiary/aromatic N) is 3. The fourth-order valence-corrected chi connectivity index (χ4v) is 8.66. The van der Waals surface area contributed by atoms with E-state index < -0.39 is 0 Å². The van der Waals surface area contributed by atoms with Gasteiger partial charge in [-0.1, -0.05) is 164 Å². The lowest BCUT2D eigenvalue weighted by atomic mass is 9.92. The minimum absolute atomic E-state index is 0.640. The quantitative estimate of drug-likeness (QED) is 0.174. The molecule has 0 spiro atoms. The van der Waals surface area contributed by atoms with Crippen LogP contribution < -0.4 is 0 Å². The first-order valence-corrected chi connectivity index (χ1v) is 18.6. The van der Waals surface area contributed by atoms with Gasteiger partial charge in [0.25, 0.3) is 0 Å². The first-order valence-electron chi connectivity index (χ1n) is 17.8. The first-order chi connectivity index (χ1) is 26.3. The predicted molar refractivity (Wildman–Crippen MR) is 223 cm³/mol. The minimum Gasteiger partial charge on any atom is -0.208 e. The molecule has 0 aliphatic rings. The second kappa shape index (κ2) is 13.1. The van der Waals surface area contributed by atoms with Crippen LogP contribution in [0.25, 0.3) is 98.5 Å². The van der Waals surface area contributed by atoms with Crippen molar-refractivity contribution >= 4 is 42.3 Å². The molecule has 0 atom stereocenters. The number of aromatic nitrogens is 3. The molecule has 2 heterocycles. The summed E-state index contributed by atoms with van der Waals surface area (Å²) < 4.78 is 2.47. The summed E-state index contributed by atoms with van der Waals surface area (Å²) in [4.78, 5) is 15.6. The van der Waals surface area contributed by atoms with Gasteiger partial charge in [0.2, 0.25) is 0 Å². The Kier molecular flexibility index (Phi) is 7.67. The van der Waals surface area contributed by atoms with E-state index in [4.69, 9.17) is 15.0 Å². The standard InChI is InChI=1S/C49H31N3S/c1-4-15-32(16-5-1)38-30-35-21-10-11-24-39(35)43(31-38)36-22-12-23-37(29-36)48-50-47(34-19-8-3-9-20-34)51-49(52-48)42-27-14-28-44-45(42)41-26-13-25-40(46(41)53-44)33-17-6-2-7-18-33/h1-31H. The number of benzene rings is 8. The van der Waals surface area contributed by atoms with Gasteiger partial charge < -0.3 is 0 Å². The van der Waals surface area contributed by atoms with Gasteiger partial charge in [-0.25, -0.2) is 15.0 Å². The van der Waals surface area contributed by atoms with Crippen molar-refractivity contribution < 1.29 is 0 Å². The van der Waals surface area contributed by atoms with E-state index in [1.165, 1.54) is 58.8 Å². The molecule has 10 rings (SSSR count). The van der Waals surface area contributed by atoms with E-state index in [1.54, 1.807) is 0 Å². The third-order valence-corrected chi connectivity index (χ3v) is 11.1. The van der Waals surface area contributed by atoms with Crippen molar-refractivity contribution in [2.45, 2.75) is 0 Å². The zero-order valence-corrected chi connectivity index (χ0v) is 29.5. The Balaban J connectivity index is 1.17. The van der Waals surface area contributed by atoms with Crippen LogP contribution in [-0.4, -0.2) is 15.0 Å². The van der Waals surface area contributed by atoms with E-state index in [-0.39, 0.29) is 0 Å². The van der Waals surface area contributed by atoms with Crippen molar-refractivity contribution in [3.05, 3.63) is 188 Å². The highest BCUT2D eigenvalue weighted by Crippen LogP contribution is 2.44. The third kappa shape index (κ3) is 5.66. The molecule has 0 aliphatic carbocycles. The second-order valence-electron chi connectivity index (χ2n) is 13.2. The Morgan fingerprint density at radius 1 is 0.321 bits per heavy atom. The summed E-state index contributed by atoms with van der Waals surface area (Å²) in [7, 11) is 0. The molecule has 0 aliphatic heterocycles. The molecule has 0 unspecified atom stereocenters. The van der Waals surface area contributed by atoms with Crippen molar-refractivity contribution in [2.75, 3.05) is 0 Å². The maximum Gasteiger partial charge on any atom is 0.164 e. The smallest absolute Gasteiger partial charge is 0.164 e. The van der Waals surface area contributed by atoms with Crippen molar-refractivity contribution in [1.82, 2.24) is 15.0 Å². The zero-order chi connectivity index (χ0) is 35.1. The summed E-state index contributed by atoms with van der Waals surface area (Å²) >= 11 is 1.82. The van der Waals surface area contributed by atoms with E-state index in [1.807, 2.05) is 29.5 Å². The van der Waals surface area contributed by atoms with Crippen LogP contribution in [0, 0.1) is 0 Å². The Morgan fingerprint density at radius 2 is 0.887 bits per heavy atom. The summed E-state index contributed by atoms with van der Waals surface area (Å²) in [6.07, 6.45) is 0. The SMILES string of the molecule is c1ccc(-c2cc(-c3cccc(-c4nc(-c5ccccc5)nc(-c5cccc6sc7c(-c8ccccc8)cccc7c56)n4)c3)c3ccccc3c2)cc1. The number of hydrogen-bond acceptors (Lipinski definition) is 4. The lowest BCUT2D eigenvalue weighted by Gasteiger charge is -2.13. The maximum absolute atomic E-state index is 5.26. The van der Waals surface area contributed by atoms with Crippen molar-refractivity contribution in [2.24, 2.45) is 0 Å². The second-order valence-corrected chi connectivity index (χ2v) is 14.2. The number of thiophene rings is 1. The molecule has 0 fully saturated rings. The monoisotopic (exact) mass is 693 g/mol. The van der Waals surface area contributed by atoms with Gasteiger partial charge in [0, 0.05) is 36.9 Å². The molecule has 0 N–H and O–H groups in total. The Bertz CT molecular complexity index is 2940. The van der Waals surface area contributed by atoms with Gasteiger partial charge in [0.05, 0.1) is 0 Å². The molecule has 0 saturated carbocycles. The van der Waals surface area contributed by atoms with Gasteiger partial charge in [-0.3, -0.25) is 0 Å². The van der Waals surface area contributed by atoms with Crippen LogP contribution >= 0.6 is 11.3 Å². The predicted octanol–water partition coefficient (Wildman–Crippen LogP) is 13.4. The fraction of sp³-hybridized carbons (Fsp3) is 0. The van der Waals surface area contributed by atoms with Crippen LogP contribution in [0.3, 0.4) is 0 Å². The average molecular weight is 694 g/mol. The van der Waals surface area contributed by atoms with Gasteiger partial charge in [-0.05, 0) is 68.4 Å². The van der Waals surface area contributed by atoms with Crippen LogP contribution in [0.15, 0.2) is 188 Å². The maximum atomic E-state index is 5.26. The topological polar surface area (TPSA) is 38.7 Å². The van der Waals surface area contributed by atoms with E-state index in [0.29, 0.717) is 17.5 Å². The molecular weight excluding hydrogens is 663 g/mol. The van der Waals surface area contributed by atoms with Crippen LogP contribution in [0.1, 0.15) is 0 Å². The highest BCUT2D eigenvalue weighted by atomic mass is 32.1. The summed E-state index contributed by atoms with van der Waals surface area (Å²) in [5, 5.41) is 4.78. The molecule has 0 radical (unpaired) electrons.